The third kappa shape index (κ3) is 5.07. The van der Waals surface area contributed by atoms with Gasteiger partial charge in [-0.15, -0.1) is 0 Å². The number of amides is 2. The van der Waals surface area contributed by atoms with E-state index in [2.05, 4.69) is 38.1 Å². The first-order valence-electron chi connectivity index (χ1n) is 11.2. The summed E-state index contributed by atoms with van der Waals surface area (Å²) in [6.45, 7) is 9.30. The van der Waals surface area contributed by atoms with Crippen molar-refractivity contribution in [1.29, 1.82) is 0 Å². The molecule has 6 heteroatoms. The van der Waals surface area contributed by atoms with Gasteiger partial charge in [-0.05, 0) is 23.6 Å². The highest BCUT2D eigenvalue weighted by Crippen LogP contribution is 2.31. The number of para-hydroxylation sites is 2. The van der Waals surface area contributed by atoms with Crippen molar-refractivity contribution in [3.63, 3.8) is 0 Å². The summed E-state index contributed by atoms with van der Waals surface area (Å²) >= 11 is 0. The zero-order valence-electron chi connectivity index (χ0n) is 18.5. The average Bonchev–Trinajstić information content (AvgIpc) is 2.79. The Bertz CT molecular complexity index is 918. The second kappa shape index (κ2) is 9.52. The van der Waals surface area contributed by atoms with Crippen molar-refractivity contribution in [3.05, 3.63) is 59.7 Å². The Kier molecular flexibility index (Phi) is 6.56. The van der Waals surface area contributed by atoms with Gasteiger partial charge in [-0.25, -0.2) is 0 Å². The van der Waals surface area contributed by atoms with Gasteiger partial charge in [0, 0.05) is 18.5 Å². The van der Waals surface area contributed by atoms with Crippen LogP contribution in [0, 0.1) is 0 Å². The predicted octanol–water partition coefficient (Wildman–Crippen LogP) is 1.85. The summed E-state index contributed by atoms with van der Waals surface area (Å²) in [4.78, 5) is 30.2. The molecule has 2 aliphatic heterocycles. The zero-order chi connectivity index (χ0) is 21.8. The second-order valence-corrected chi connectivity index (χ2v) is 8.76. The quantitative estimate of drug-likeness (QED) is 0.773. The highest BCUT2D eigenvalue weighted by Gasteiger charge is 2.28. The highest BCUT2D eigenvalue weighted by atomic mass is 16.5. The number of fused-ring (bicyclic) bond motifs is 1. The molecule has 2 amide bonds. The summed E-state index contributed by atoms with van der Waals surface area (Å²) < 4.78 is 5.48. The van der Waals surface area contributed by atoms with Gasteiger partial charge in [0.2, 0.25) is 5.91 Å². The maximum atomic E-state index is 12.8. The summed E-state index contributed by atoms with van der Waals surface area (Å²) in [6.07, 6.45) is 0.339. The Morgan fingerprint density at radius 3 is 2.48 bits per heavy atom. The molecule has 1 saturated heterocycles. The number of carbonyl (C=O) groups excluding carboxylic acids is 2. The second-order valence-electron chi connectivity index (χ2n) is 8.76. The lowest BCUT2D eigenvalue weighted by Crippen LogP contribution is -3.13. The number of hydrogen-bond acceptors (Lipinski definition) is 3. The molecule has 0 spiro atoms. The normalized spacial score (nSPS) is 16.9. The first kappa shape index (κ1) is 21.4. The van der Waals surface area contributed by atoms with Gasteiger partial charge in [0.05, 0.1) is 31.9 Å². The van der Waals surface area contributed by atoms with Crippen molar-refractivity contribution < 1.29 is 19.2 Å². The summed E-state index contributed by atoms with van der Waals surface area (Å²) in [7, 11) is 0. The molecule has 0 atom stereocenters. The Balaban J connectivity index is 1.26. The van der Waals surface area contributed by atoms with Gasteiger partial charge in [-0.2, -0.15) is 0 Å². The maximum Gasteiger partial charge on any atom is 0.265 e. The Labute approximate surface area is 184 Å². The summed E-state index contributed by atoms with van der Waals surface area (Å²) in [5.74, 6) is 1.28. The van der Waals surface area contributed by atoms with Crippen LogP contribution in [0.15, 0.2) is 48.5 Å². The lowest BCUT2D eigenvalue weighted by atomic mass is 10.0. The number of hydrogen-bond donors (Lipinski definition) is 1. The summed E-state index contributed by atoms with van der Waals surface area (Å²) in [5, 5.41) is 0. The standard InChI is InChI=1S/C25H31N3O3/c1-19(2)21-9-7-20(8-10-21)17-26-13-15-27(16-14-26)24(29)11-12-28-22-5-3-4-6-23(22)31-18-25(28)30/h3-10,19H,11-18H2,1-2H3/p+1. The largest absolute Gasteiger partial charge is 0.482 e. The molecule has 0 unspecified atom stereocenters. The highest BCUT2D eigenvalue weighted by molar-refractivity contribution is 5.98. The molecule has 0 aliphatic carbocycles. The van der Waals surface area contributed by atoms with Gasteiger partial charge in [0.1, 0.15) is 12.3 Å². The molecule has 1 fully saturated rings. The molecule has 2 aliphatic rings. The Hall–Kier alpha value is -2.86. The monoisotopic (exact) mass is 422 g/mol. The van der Waals surface area contributed by atoms with Crippen molar-refractivity contribution in [3.8, 4) is 5.75 Å². The van der Waals surface area contributed by atoms with E-state index < -0.39 is 0 Å². The van der Waals surface area contributed by atoms with Crippen LogP contribution in [0.5, 0.6) is 5.75 Å². The minimum absolute atomic E-state index is 0.0331. The number of benzene rings is 2. The van der Waals surface area contributed by atoms with Crippen LogP contribution >= 0.6 is 0 Å². The van der Waals surface area contributed by atoms with Crippen LogP contribution in [-0.2, 0) is 16.1 Å². The number of nitrogens with zero attached hydrogens (tertiary/aromatic N) is 2. The topological polar surface area (TPSA) is 54.3 Å². The third-order valence-electron chi connectivity index (χ3n) is 6.28. The average molecular weight is 423 g/mol. The molecule has 2 aromatic carbocycles. The van der Waals surface area contributed by atoms with E-state index in [9.17, 15) is 9.59 Å². The first-order chi connectivity index (χ1) is 15.0. The number of ether oxygens (including phenoxy) is 1. The minimum Gasteiger partial charge on any atom is -0.482 e. The summed E-state index contributed by atoms with van der Waals surface area (Å²) in [6, 6.07) is 16.4. The number of piperazine rings is 1. The van der Waals surface area contributed by atoms with E-state index in [1.54, 1.807) is 4.90 Å². The third-order valence-corrected chi connectivity index (χ3v) is 6.28. The van der Waals surface area contributed by atoms with Crippen LogP contribution in [-0.4, -0.2) is 56.0 Å². The van der Waals surface area contributed by atoms with Crippen LogP contribution in [0.4, 0.5) is 5.69 Å². The molecule has 0 bridgehead atoms. The van der Waals surface area contributed by atoms with E-state index in [1.165, 1.54) is 16.0 Å². The van der Waals surface area contributed by atoms with E-state index in [4.69, 9.17) is 4.74 Å². The van der Waals surface area contributed by atoms with Crippen LogP contribution in [0.3, 0.4) is 0 Å². The molecule has 2 heterocycles. The SMILES string of the molecule is CC(C)c1ccc(C[NH+]2CCN(C(=O)CCN3C(=O)COc4ccccc43)CC2)cc1. The van der Waals surface area contributed by atoms with E-state index >= 15 is 0 Å². The number of nitrogens with one attached hydrogen (secondary N) is 1. The van der Waals surface area contributed by atoms with E-state index in [-0.39, 0.29) is 18.4 Å². The lowest BCUT2D eigenvalue weighted by Gasteiger charge is -2.33. The molecule has 0 radical (unpaired) electrons. The molecule has 0 aromatic heterocycles. The first-order valence-corrected chi connectivity index (χ1v) is 11.2. The van der Waals surface area contributed by atoms with Gasteiger partial charge in [0.15, 0.2) is 6.61 Å². The number of quaternary nitrogens is 1. The van der Waals surface area contributed by atoms with Crippen molar-refractivity contribution in [1.82, 2.24) is 4.90 Å². The molecule has 6 nitrogen and oxygen atoms in total. The van der Waals surface area contributed by atoms with Gasteiger partial charge >= 0.3 is 0 Å². The summed E-state index contributed by atoms with van der Waals surface area (Å²) in [5.41, 5.74) is 3.48. The zero-order valence-corrected chi connectivity index (χ0v) is 18.5. The molecule has 0 saturated carbocycles. The molecule has 4 rings (SSSR count). The molecular formula is C25H32N3O3+. The molecule has 31 heavy (non-hydrogen) atoms. The van der Waals surface area contributed by atoms with Crippen molar-refractivity contribution in [2.75, 3.05) is 44.2 Å². The fourth-order valence-corrected chi connectivity index (χ4v) is 4.32. The van der Waals surface area contributed by atoms with Crippen LogP contribution < -0.4 is 14.5 Å². The molecule has 2 aromatic rings. The van der Waals surface area contributed by atoms with Gasteiger partial charge in [0.25, 0.3) is 5.91 Å². The van der Waals surface area contributed by atoms with Crippen molar-refractivity contribution in [2.45, 2.75) is 32.7 Å². The van der Waals surface area contributed by atoms with E-state index in [1.807, 2.05) is 29.2 Å². The smallest absolute Gasteiger partial charge is 0.265 e. The fourth-order valence-electron chi connectivity index (χ4n) is 4.32. The van der Waals surface area contributed by atoms with Gasteiger partial charge < -0.3 is 19.4 Å². The lowest BCUT2D eigenvalue weighted by molar-refractivity contribution is -0.917. The Morgan fingerprint density at radius 1 is 1.06 bits per heavy atom. The number of rotatable bonds is 6. The minimum atomic E-state index is -0.0933. The Morgan fingerprint density at radius 2 is 1.77 bits per heavy atom. The molecule has 1 N–H and O–H groups in total. The molecule has 164 valence electrons. The van der Waals surface area contributed by atoms with E-state index in [0.29, 0.717) is 24.6 Å². The van der Waals surface area contributed by atoms with Gasteiger partial charge in [-0.3, -0.25) is 9.59 Å². The predicted molar refractivity (Wildman–Crippen MR) is 120 cm³/mol. The number of carbonyl (C=O) groups is 2. The van der Waals surface area contributed by atoms with Crippen molar-refractivity contribution in [2.24, 2.45) is 0 Å². The maximum absolute atomic E-state index is 12.8. The van der Waals surface area contributed by atoms with Crippen LogP contribution in [0.1, 0.15) is 37.3 Å². The fraction of sp³-hybridized carbons (Fsp3) is 0.440. The molecular weight excluding hydrogens is 390 g/mol. The van der Waals surface area contributed by atoms with E-state index in [0.717, 1.165) is 38.4 Å². The van der Waals surface area contributed by atoms with Crippen LogP contribution in [0.2, 0.25) is 0 Å². The van der Waals surface area contributed by atoms with Crippen molar-refractivity contribution >= 4 is 17.5 Å². The van der Waals surface area contributed by atoms with Gasteiger partial charge in [-0.1, -0.05) is 50.2 Å². The number of anilines is 1. The van der Waals surface area contributed by atoms with Crippen LogP contribution in [0.25, 0.3) is 0 Å².